The summed E-state index contributed by atoms with van der Waals surface area (Å²) >= 11 is 0. The highest BCUT2D eigenvalue weighted by atomic mass is 16.1. The molecule has 0 aliphatic carbocycles. The van der Waals surface area contributed by atoms with Crippen LogP contribution >= 0.6 is 0 Å². The number of carbonyl (C=O) groups is 1. The Morgan fingerprint density at radius 2 is 1.85 bits per heavy atom. The summed E-state index contributed by atoms with van der Waals surface area (Å²) in [6.45, 7) is 3.33. The third-order valence-electron chi connectivity index (χ3n) is 5.61. The number of Topliss-reactive ketones (excluding diaryl/α,β-unsaturated/α-hetero) is 1. The fourth-order valence-electron chi connectivity index (χ4n) is 3.98. The number of benzene rings is 2. The number of piperidine rings is 1. The number of likely N-dealkylation sites (tertiary alicyclic amines) is 1. The first kappa shape index (κ1) is 17.0. The van der Waals surface area contributed by atoms with Crippen molar-refractivity contribution >= 4 is 16.7 Å². The SMILES string of the molecule is O=C(CCC1CCN(Cc2ccccc2)CC1)c1ccc2cc[nH]c2c1. The fraction of sp³-hybridized carbons (Fsp3) is 0.348. The van der Waals surface area contributed by atoms with Gasteiger partial charge in [-0.2, -0.15) is 0 Å². The van der Waals surface area contributed by atoms with Crippen molar-refractivity contribution in [2.45, 2.75) is 32.2 Å². The monoisotopic (exact) mass is 346 g/mol. The number of aromatic nitrogens is 1. The lowest BCUT2D eigenvalue weighted by atomic mass is 9.90. The number of aromatic amines is 1. The number of H-pyrrole nitrogens is 1. The minimum absolute atomic E-state index is 0.271. The molecule has 1 aliphatic heterocycles. The molecule has 0 unspecified atom stereocenters. The Balaban J connectivity index is 1.25. The molecule has 3 nitrogen and oxygen atoms in total. The third kappa shape index (κ3) is 4.05. The predicted octanol–water partition coefficient (Wildman–Crippen LogP) is 5.04. The van der Waals surface area contributed by atoms with Crippen LogP contribution < -0.4 is 0 Å². The van der Waals surface area contributed by atoms with Gasteiger partial charge in [0, 0.05) is 30.2 Å². The molecule has 1 aliphatic rings. The van der Waals surface area contributed by atoms with Crippen molar-refractivity contribution in [3.63, 3.8) is 0 Å². The van der Waals surface area contributed by atoms with E-state index in [1.807, 2.05) is 30.5 Å². The van der Waals surface area contributed by atoms with E-state index in [-0.39, 0.29) is 5.78 Å². The van der Waals surface area contributed by atoms with Crippen LogP contribution in [-0.2, 0) is 6.54 Å². The van der Waals surface area contributed by atoms with Crippen molar-refractivity contribution in [3.8, 4) is 0 Å². The Morgan fingerprint density at radius 1 is 1.04 bits per heavy atom. The standard InChI is InChI=1S/C23H26N2O/c26-23(21-8-7-20-10-13-24-22(20)16-21)9-6-18-11-14-25(15-12-18)17-19-4-2-1-3-5-19/h1-5,7-8,10,13,16,18,24H,6,9,11-12,14-15,17H2. The van der Waals surface area contributed by atoms with Crippen LogP contribution in [0.4, 0.5) is 0 Å². The quantitative estimate of drug-likeness (QED) is 0.635. The summed E-state index contributed by atoms with van der Waals surface area (Å²) in [4.78, 5) is 18.3. The number of nitrogens with one attached hydrogen (secondary N) is 1. The lowest BCUT2D eigenvalue weighted by Gasteiger charge is -2.32. The number of hydrogen-bond acceptors (Lipinski definition) is 2. The van der Waals surface area contributed by atoms with E-state index in [1.165, 1.54) is 18.4 Å². The molecule has 0 radical (unpaired) electrons. The molecule has 3 heteroatoms. The van der Waals surface area contributed by atoms with Crippen LogP contribution in [0.5, 0.6) is 0 Å². The Labute approximate surface area is 155 Å². The predicted molar refractivity (Wildman–Crippen MR) is 106 cm³/mol. The van der Waals surface area contributed by atoms with E-state index in [4.69, 9.17) is 0 Å². The molecule has 0 amide bonds. The fourth-order valence-corrected chi connectivity index (χ4v) is 3.98. The Bertz CT molecular complexity index is 860. The first-order chi connectivity index (χ1) is 12.8. The highest BCUT2D eigenvalue weighted by Crippen LogP contribution is 2.24. The third-order valence-corrected chi connectivity index (χ3v) is 5.61. The van der Waals surface area contributed by atoms with Crippen LogP contribution in [0.2, 0.25) is 0 Å². The molecule has 0 atom stereocenters. The first-order valence-electron chi connectivity index (χ1n) is 9.64. The van der Waals surface area contributed by atoms with Gasteiger partial charge in [-0.1, -0.05) is 42.5 Å². The van der Waals surface area contributed by atoms with Gasteiger partial charge in [0.05, 0.1) is 0 Å². The van der Waals surface area contributed by atoms with Gasteiger partial charge in [0.25, 0.3) is 0 Å². The molecule has 2 heterocycles. The number of carbonyl (C=O) groups excluding carboxylic acids is 1. The Kier molecular flexibility index (Phi) is 5.16. The Morgan fingerprint density at radius 3 is 2.65 bits per heavy atom. The molecule has 3 aromatic rings. The maximum atomic E-state index is 12.5. The zero-order valence-corrected chi connectivity index (χ0v) is 15.2. The van der Waals surface area contributed by atoms with E-state index in [2.05, 4.69) is 40.2 Å². The maximum Gasteiger partial charge on any atom is 0.162 e. The summed E-state index contributed by atoms with van der Waals surface area (Å²) in [5.74, 6) is 0.952. The summed E-state index contributed by atoms with van der Waals surface area (Å²) in [6, 6.07) is 18.7. The largest absolute Gasteiger partial charge is 0.361 e. The summed E-state index contributed by atoms with van der Waals surface area (Å²) in [5, 5.41) is 1.16. The van der Waals surface area contributed by atoms with Crippen molar-refractivity contribution in [3.05, 3.63) is 71.9 Å². The smallest absolute Gasteiger partial charge is 0.162 e. The van der Waals surface area contributed by atoms with Crippen molar-refractivity contribution in [1.82, 2.24) is 9.88 Å². The van der Waals surface area contributed by atoms with Crippen LogP contribution in [0.25, 0.3) is 10.9 Å². The molecule has 2 aromatic carbocycles. The second kappa shape index (κ2) is 7.88. The molecular formula is C23H26N2O. The summed E-state index contributed by atoms with van der Waals surface area (Å²) in [7, 11) is 0. The summed E-state index contributed by atoms with van der Waals surface area (Å²) in [6.07, 6.45) is 6.00. The lowest BCUT2D eigenvalue weighted by molar-refractivity contribution is 0.0961. The zero-order chi connectivity index (χ0) is 17.8. The van der Waals surface area contributed by atoms with Crippen LogP contribution in [0.1, 0.15) is 41.6 Å². The Hall–Kier alpha value is -2.39. The average molecular weight is 346 g/mol. The van der Waals surface area contributed by atoms with E-state index in [0.717, 1.165) is 42.5 Å². The second-order valence-electron chi connectivity index (χ2n) is 7.45. The molecular weight excluding hydrogens is 320 g/mol. The van der Waals surface area contributed by atoms with Crippen molar-refractivity contribution < 1.29 is 4.79 Å². The van der Waals surface area contributed by atoms with Crippen molar-refractivity contribution in [2.75, 3.05) is 13.1 Å². The molecule has 0 spiro atoms. The molecule has 1 fully saturated rings. The maximum absolute atomic E-state index is 12.5. The van der Waals surface area contributed by atoms with Gasteiger partial charge in [-0.3, -0.25) is 9.69 Å². The summed E-state index contributed by atoms with van der Waals surface area (Å²) < 4.78 is 0. The zero-order valence-electron chi connectivity index (χ0n) is 15.2. The molecule has 1 saturated heterocycles. The first-order valence-corrected chi connectivity index (χ1v) is 9.64. The minimum atomic E-state index is 0.271. The normalized spacial score (nSPS) is 16.2. The topological polar surface area (TPSA) is 36.1 Å². The van der Waals surface area contributed by atoms with Gasteiger partial charge in [0.15, 0.2) is 5.78 Å². The van der Waals surface area contributed by atoms with Gasteiger partial charge in [-0.25, -0.2) is 0 Å². The van der Waals surface area contributed by atoms with Crippen LogP contribution in [0, 0.1) is 5.92 Å². The number of fused-ring (bicyclic) bond motifs is 1. The average Bonchev–Trinajstić information content (AvgIpc) is 3.16. The summed E-state index contributed by atoms with van der Waals surface area (Å²) in [5.41, 5.74) is 3.27. The van der Waals surface area contributed by atoms with Gasteiger partial charge in [-0.05, 0) is 61.4 Å². The minimum Gasteiger partial charge on any atom is -0.361 e. The molecule has 0 bridgehead atoms. The molecule has 1 aromatic heterocycles. The van der Waals surface area contributed by atoms with E-state index in [0.29, 0.717) is 12.3 Å². The lowest BCUT2D eigenvalue weighted by Crippen LogP contribution is -2.33. The number of ketones is 1. The van der Waals surface area contributed by atoms with E-state index < -0.39 is 0 Å². The van der Waals surface area contributed by atoms with Crippen LogP contribution in [0.3, 0.4) is 0 Å². The number of rotatable bonds is 6. The van der Waals surface area contributed by atoms with E-state index in [1.54, 1.807) is 0 Å². The van der Waals surface area contributed by atoms with E-state index >= 15 is 0 Å². The van der Waals surface area contributed by atoms with Crippen LogP contribution in [0.15, 0.2) is 60.8 Å². The molecule has 1 N–H and O–H groups in total. The number of hydrogen-bond donors (Lipinski definition) is 1. The molecule has 134 valence electrons. The van der Waals surface area contributed by atoms with Gasteiger partial charge in [0.2, 0.25) is 0 Å². The molecule has 26 heavy (non-hydrogen) atoms. The molecule has 0 saturated carbocycles. The highest BCUT2D eigenvalue weighted by molar-refractivity contribution is 5.99. The van der Waals surface area contributed by atoms with Gasteiger partial charge in [0.1, 0.15) is 0 Å². The number of nitrogens with zero attached hydrogens (tertiary/aromatic N) is 1. The van der Waals surface area contributed by atoms with Crippen LogP contribution in [-0.4, -0.2) is 28.8 Å². The van der Waals surface area contributed by atoms with Gasteiger partial charge < -0.3 is 4.98 Å². The van der Waals surface area contributed by atoms with E-state index in [9.17, 15) is 4.79 Å². The van der Waals surface area contributed by atoms with Gasteiger partial charge in [-0.15, -0.1) is 0 Å². The highest BCUT2D eigenvalue weighted by Gasteiger charge is 2.20. The second-order valence-corrected chi connectivity index (χ2v) is 7.45. The van der Waals surface area contributed by atoms with Gasteiger partial charge >= 0.3 is 0 Å². The van der Waals surface area contributed by atoms with Crippen molar-refractivity contribution in [1.29, 1.82) is 0 Å². The molecule has 4 rings (SSSR count). The van der Waals surface area contributed by atoms with Crippen molar-refractivity contribution in [2.24, 2.45) is 5.92 Å².